The minimum absolute atomic E-state index is 0.224. The molecule has 1 amide bonds. The van der Waals surface area contributed by atoms with Crippen molar-refractivity contribution in [2.75, 3.05) is 13.7 Å². The van der Waals surface area contributed by atoms with Crippen LogP contribution in [0.25, 0.3) is 0 Å². The Morgan fingerprint density at radius 3 is 2.67 bits per heavy atom. The minimum Gasteiger partial charge on any atom is -0.493 e. The summed E-state index contributed by atoms with van der Waals surface area (Å²) in [5, 5.41) is 3.26. The second kappa shape index (κ2) is 8.94. The highest BCUT2D eigenvalue weighted by molar-refractivity contribution is 9.10. The van der Waals surface area contributed by atoms with E-state index in [1.165, 1.54) is 0 Å². The topological polar surface area (TPSA) is 47.6 Å². The van der Waals surface area contributed by atoms with Crippen LogP contribution in [0.5, 0.6) is 11.5 Å². The van der Waals surface area contributed by atoms with Gasteiger partial charge in [-0.25, -0.2) is 0 Å². The van der Waals surface area contributed by atoms with Crippen molar-refractivity contribution in [3.05, 3.63) is 57.0 Å². The molecule has 2 aromatic rings. The Labute approximate surface area is 155 Å². The van der Waals surface area contributed by atoms with Crippen LogP contribution in [0.1, 0.15) is 29.3 Å². The Kier molecular flexibility index (Phi) is 6.94. The Morgan fingerprint density at radius 1 is 1.21 bits per heavy atom. The van der Waals surface area contributed by atoms with Gasteiger partial charge in [-0.05, 0) is 42.3 Å². The number of benzene rings is 2. The lowest BCUT2D eigenvalue weighted by atomic mass is 10.1. The van der Waals surface area contributed by atoms with E-state index in [0.717, 1.165) is 16.5 Å². The molecule has 0 aliphatic rings. The van der Waals surface area contributed by atoms with Gasteiger partial charge in [-0.2, -0.15) is 0 Å². The molecule has 0 saturated carbocycles. The molecule has 0 aliphatic carbocycles. The van der Waals surface area contributed by atoms with Crippen molar-refractivity contribution in [3.8, 4) is 11.5 Å². The van der Waals surface area contributed by atoms with Crippen LogP contribution in [0.2, 0.25) is 5.02 Å². The van der Waals surface area contributed by atoms with Crippen LogP contribution in [-0.4, -0.2) is 19.6 Å². The zero-order chi connectivity index (χ0) is 17.5. The first-order valence-corrected chi connectivity index (χ1v) is 8.75. The molecular formula is C18H19BrClNO3. The number of ether oxygens (including phenoxy) is 2. The largest absolute Gasteiger partial charge is 0.493 e. The van der Waals surface area contributed by atoms with E-state index in [9.17, 15) is 4.79 Å². The maximum atomic E-state index is 12.2. The zero-order valence-electron chi connectivity index (χ0n) is 13.6. The minimum atomic E-state index is -0.224. The Bertz CT molecular complexity index is 721. The van der Waals surface area contributed by atoms with Crippen LogP contribution < -0.4 is 14.8 Å². The highest BCUT2D eigenvalue weighted by atomic mass is 79.9. The molecule has 0 radical (unpaired) electrons. The number of carbonyl (C=O) groups excluding carboxylic acids is 1. The lowest BCUT2D eigenvalue weighted by Crippen LogP contribution is -2.23. The third-order valence-electron chi connectivity index (χ3n) is 3.32. The molecule has 0 atom stereocenters. The first-order valence-electron chi connectivity index (χ1n) is 7.58. The number of nitrogens with one attached hydrogen (secondary N) is 1. The van der Waals surface area contributed by atoms with E-state index in [4.69, 9.17) is 21.1 Å². The Hall–Kier alpha value is -1.72. The van der Waals surface area contributed by atoms with Crippen molar-refractivity contribution in [2.45, 2.75) is 19.9 Å². The molecule has 24 heavy (non-hydrogen) atoms. The van der Waals surface area contributed by atoms with Crippen LogP contribution >= 0.6 is 27.5 Å². The highest BCUT2D eigenvalue weighted by Crippen LogP contribution is 2.28. The van der Waals surface area contributed by atoms with E-state index in [0.29, 0.717) is 35.2 Å². The fourth-order valence-electron chi connectivity index (χ4n) is 2.10. The molecule has 1 N–H and O–H groups in total. The molecule has 0 spiro atoms. The zero-order valence-corrected chi connectivity index (χ0v) is 15.9. The van der Waals surface area contributed by atoms with Crippen LogP contribution in [0.4, 0.5) is 0 Å². The molecule has 0 saturated heterocycles. The van der Waals surface area contributed by atoms with Crippen LogP contribution in [-0.2, 0) is 6.54 Å². The van der Waals surface area contributed by atoms with Crippen LogP contribution in [0.3, 0.4) is 0 Å². The normalized spacial score (nSPS) is 10.3. The van der Waals surface area contributed by atoms with Crippen molar-refractivity contribution in [2.24, 2.45) is 0 Å². The van der Waals surface area contributed by atoms with Gasteiger partial charge in [-0.15, -0.1) is 0 Å². The monoisotopic (exact) mass is 411 g/mol. The fraction of sp³-hybridized carbons (Fsp3) is 0.278. The molecule has 0 bridgehead atoms. The number of methoxy groups -OCH3 is 1. The molecule has 0 unspecified atom stereocenters. The summed E-state index contributed by atoms with van der Waals surface area (Å²) in [7, 11) is 1.60. The average molecular weight is 413 g/mol. The fourth-order valence-corrected chi connectivity index (χ4v) is 2.86. The molecule has 0 aromatic heterocycles. The van der Waals surface area contributed by atoms with Crippen molar-refractivity contribution in [3.63, 3.8) is 0 Å². The SMILES string of the molecule is CCCOc1ccc(CNC(=O)c2ccc(Br)cc2Cl)cc1OC. The maximum Gasteiger partial charge on any atom is 0.253 e. The number of hydrogen-bond donors (Lipinski definition) is 1. The van der Waals surface area contributed by atoms with Gasteiger partial charge in [0.1, 0.15) is 0 Å². The second-order valence-corrected chi connectivity index (χ2v) is 6.46. The van der Waals surface area contributed by atoms with E-state index in [1.54, 1.807) is 25.3 Å². The number of rotatable bonds is 7. The molecule has 0 fully saturated rings. The molecule has 4 nitrogen and oxygen atoms in total. The van der Waals surface area contributed by atoms with Gasteiger partial charge in [0.2, 0.25) is 0 Å². The van der Waals surface area contributed by atoms with E-state index < -0.39 is 0 Å². The summed E-state index contributed by atoms with van der Waals surface area (Å²) in [4.78, 5) is 12.2. The van der Waals surface area contributed by atoms with Crippen molar-refractivity contribution < 1.29 is 14.3 Å². The second-order valence-electron chi connectivity index (χ2n) is 5.14. The van der Waals surface area contributed by atoms with Crippen molar-refractivity contribution in [1.29, 1.82) is 0 Å². The maximum absolute atomic E-state index is 12.2. The molecule has 2 rings (SSSR count). The highest BCUT2D eigenvalue weighted by Gasteiger charge is 2.11. The predicted octanol–water partition coefficient (Wildman–Crippen LogP) is 4.83. The van der Waals surface area contributed by atoms with Gasteiger partial charge in [0.05, 0.1) is 24.3 Å². The quantitative estimate of drug-likeness (QED) is 0.708. The van der Waals surface area contributed by atoms with Crippen LogP contribution in [0.15, 0.2) is 40.9 Å². The van der Waals surface area contributed by atoms with Gasteiger partial charge in [0.15, 0.2) is 11.5 Å². The van der Waals surface area contributed by atoms with Gasteiger partial charge in [0.25, 0.3) is 5.91 Å². The Balaban J connectivity index is 2.04. The molecular weight excluding hydrogens is 394 g/mol. The summed E-state index contributed by atoms with van der Waals surface area (Å²) in [6.45, 7) is 3.05. The summed E-state index contributed by atoms with van der Waals surface area (Å²) in [6.07, 6.45) is 0.926. The van der Waals surface area contributed by atoms with E-state index in [-0.39, 0.29) is 5.91 Å². The first kappa shape index (κ1) is 18.6. The predicted molar refractivity (Wildman–Crippen MR) is 99.1 cm³/mol. The van der Waals surface area contributed by atoms with E-state index in [2.05, 4.69) is 21.2 Å². The summed E-state index contributed by atoms with van der Waals surface area (Å²) in [6, 6.07) is 10.8. The third-order valence-corrected chi connectivity index (χ3v) is 4.12. The number of halogens is 2. The van der Waals surface area contributed by atoms with Gasteiger partial charge in [-0.1, -0.05) is 40.5 Å². The smallest absolute Gasteiger partial charge is 0.253 e. The van der Waals surface area contributed by atoms with E-state index >= 15 is 0 Å². The third kappa shape index (κ3) is 4.89. The van der Waals surface area contributed by atoms with Crippen molar-refractivity contribution in [1.82, 2.24) is 5.32 Å². The van der Waals surface area contributed by atoms with Crippen molar-refractivity contribution >= 4 is 33.4 Å². The number of hydrogen-bond acceptors (Lipinski definition) is 3. The lowest BCUT2D eigenvalue weighted by Gasteiger charge is -2.12. The molecule has 128 valence electrons. The van der Waals surface area contributed by atoms with Gasteiger partial charge < -0.3 is 14.8 Å². The summed E-state index contributed by atoms with van der Waals surface area (Å²) < 4.78 is 11.8. The lowest BCUT2D eigenvalue weighted by molar-refractivity contribution is 0.0951. The summed E-state index contributed by atoms with van der Waals surface area (Å²) in [5.41, 5.74) is 1.35. The first-order chi connectivity index (χ1) is 11.5. The number of amides is 1. The standard InChI is InChI=1S/C18H19BrClNO3/c1-3-8-24-16-7-4-12(9-17(16)23-2)11-21-18(22)14-6-5-13(19)10-15(14)20/h4-7,9-10H,3,8,11H2,1-2H3,(H,21,22). The molecule has 0 heterocycles. The van der Waals surface area contributed by atoms with Gasteiger partial charge in [-0.3, -0.25) is 4.79 Å². The Morgan fingerprint density at radius 2 is 2.00 bits per heavy atom. The van der Waals surface area contributed by atoms with Gasteiger partial charge >= 0.3 is 0 Å². The van der Waals surface area contributed by atoms with E-state index in [1.807, 2.05) is 25.1 Å². The molecule has 0 aliphatic heterocycles. The molecule has 6 heteroatoms. The van der Waals surface area contributed by atoms with Gasteiger partial charge in [0, 0.05) is 11.0 Å². The van der Waals surface area contributed by atoms with Crippen LogP contribution in [0, 0.1) is 0 Å². The summed E-state index contributed by atoms with van der Waals surface area (Å²) in [5.74, 6) is 1.13. The summed E-state index contributed by atoms with van der Waals surface area (Å²) >= 11 is 9.42. The number of carbonyl (C=O) groups is 1. The molecule has 2 aromatic carbocycles. The average Bonchev–Trinajstić information content (AvgIpc) is 2.58.